The van der Waals surface area contributed by atoms with Crippen LogP contribution in [0.15, 0.2) is 30.5 Å². The molecule has 2 nitrogen and oxygen atoms in total. The minimum absolute atomic E-state index is 0.0632. The van der Waals surface area contributed by atoms with Crippen LogP contribution >= 0.6 is 11.3 Å². The van der Waals surface area contributed by atoms with Gasteiger partial charge in [-0.3, -0.25) is 4.79 Å². The Morgan fingerprint density at radius 2 is 2.00 bits per heavy atom. The summed E-state index contributed by atoms with van der Waals surface area (Å²) < 4.78 is 0. The third kappa shape index (κ3) is 2.19. The van der Waals surface area contributed by atoms with Crippen LogP contribution in [0, 0.1) is 6.92 Å². The summed E-state index contributed by atoms with van der Waals surface area (Å²) in [6.07, 6.45) is 2.64. The Hall–Kier alpha value is -1.48. The molecule has 0 bridgehead atoms. The average molecular weight is 231 g/mol. The first-order chi connectivity index (χ1) is 7.70. The van der Waals surface area contributed by atoms with E-state index < -0.39 is 0 Å². The van der Waals surface area contributed by atoms with E-state index in [4.69, 9.17) is 0 Å². The van der Waals surface area contributed by atoms with Crippen molar-refractivity contribution in [2.24, 2.45) is 0 Å². The van der Waals surface area contributed by atoms with Gasteiger partial charge in [0.25, 0.3) is 0 Å². The highest BCUT2D eigenvalue weighted by atomic mass is 32.1. The third-order valence-electron chi connectivity index (χ3n) is 2.47. The summed E-state index contributed by atoms with van der Waals surface area (Å²) in [6.45, 7) is 4.00. The molecular weight excluding hydrogens is 218 g/mol. The summed E-state index contributed by atoms with van der Waals surface area (Å²) in [7, 11) is 0. The Bertz CT molecular complexity index is 499. The van der Waals surface area contributed by atoms with E-state index in [0.29, 0.717) is 4.88 Å². The van der Waals surface area contributed by atoms with Gasteiger partial charge in [0, 0.05) is 11.8 Å². The molecule has 2 rings (SSSR count). The van der Waals surface area contributed by atoms with E-state index in [1.54, 1.807) is 6.20 Å². The molecular formula is C13H13NOS. The third-order valence-corrected chi connectivity index (χ3v) is 3.38. The van der Waals surface area contributed by atoms with Crippen molar-refractivity contribution in [2.75, 3.05) is 0 Å². The largest absolute Gasteiger partial charge is 0.288 e. The summed E-state index contributed by atoms with van der Waals surface area (Å²) in [5.41, 5.74) is 1.98. The summed E-state index contributed by atoms with van der Waals surface area (Å²) in [5, 5.41) is 0.925. The molecule has 0 amide bonds. The highest BCUT2D eigenvalue weighted by Crippen LogP contribution is 2.17. The molecule has 1 aromatic heterocycles. The van der Waals surface area contributed by atoms with Gasteiger partial charge in [0.05, 0.1) is 9.88 Å². The van der Waals surface area contributed by atoms with Crippen molar-refractivity contribution >= 4 is 17.1 Å². The maximum absolute atomic E-state index is 12.0. The molecule has 0 aliphatic rings. The van der Waals surface area contributed by atoms with Gasteiger partial charge in [0.15, 0.2) is 0 Å². The fraction of sp³-hybridized carbons (Fsp3) is 0.231. The Kier molecular flexibility index (Phi) is 3.15. The molecule has 0 spiro atoms. The van der Waals surface area contributed by atoms with Crippen molar-refractivity contribution in [3.05, 3.63) is 51.5 Å². The zero-order valence-corrected chi connectivity index (χ0v) is 10.2. The summed E-state index contributed by atoms with van der Waals surface area (Å²) >= 11 is 1.44. The monoisotopic (exact) mass is 231 g/mol. The molecule has 0 atom stereocenters. The predicted octanol–water partition coefficient (Wildman–Crippen LogP) is 3.24. The number of carbonyl (C=O) groups is 1. The first-order valence-corrected chi connectivity index (χ1v) is 6.08. The van der Waals surface area contributed by atoms with Crippen LogP contribution in [0.1, 0.15) is 32.7 Å². The Labute approximate surface area is 99.0 Å². The molecule has 2 aromatic rings. The minimum atomic E-state index is 0.0632. The number of nitrogens with zero attached hydrogens (tertiary/aromatic N) is 1. The molecule has 3 heteroatoms. The van der Waals surface area contributed by atoms with Crippen LogP contribution in [0.5, 0.6) is 0 Å². The maximum atomic E-state index is 12.0. The van der Waals surface area contributed by atoms with Crippen LogP contribution in [-0.2, 0) is 6.42 Å². The number of hydrogen-bond acceptors (Lipinski definition) is 3. The summed E-state index contributed by atoms with van der Waals surface area (Å²) in [5.74, 6) is 0.0632. The van der Waals surface area contributed by atoms with Gasteiger partial charge in [-0.15, -0.1) is 11.3 Å². The maximum Gasteiger partial charge on any atom is 0.204 e. The Balaban J connectivity index is 2.27. The van der Waals surface area contributed by atoms with E-state index in [-0.39, 0.29) is 5.78 Å². The van der Waals surface area contributed by atoms with Crippen molar-refractivity contribution in [3.63, 3.8) is 0 Å². The average Bonchev–Trinajstić information content (AvgIpc) is 2.75. The molecule has 0 saturated heterocycles. The van der Waals surface area contributed by atoms with Crippen LogP contribution in [0.4, 0.5) is 0 Å². The smallest absolute Gasteiger partial charge is 0.204 e. The van der Waals surface area contributed by atoms with Crippen LogP contribution in [0.3, 0.4) is 0 Å². The van der Waals surface area contributed by atoms with Gasteiger partial charge in [0.2, 0.25) is 5.78 Å². The van der Waals surface area contributed by atoms with Gasteiger partial charge >= 0.3 is 0 Å². The number of hydrogen-bond donors (Lipinski definition) is 0. The lowest BCUT2D eigenvalue weighted by molar-refractivity contribution is 0.104. The lowest BCUT2D eigenvalue weighted by atomic mass is 10.1. The highest BCUT2D eigenvalue weighted by Gasteiger charge is 2.11. The lowest BCUT2D eigenvalue weighted by Crippen LogP contribution is -1.98. The molecule has 0 radical (unpaired) electrons. The van der Waals surface area contributed by atoms with E-state index in [9.17, 15) is 4.79 Å². The van der Waals surface area contributed by atoms with Crippen molar-refractivity contribution in [1.82, 2.24) is 4.98 Å². The van der Waals surface area contributed by atoms with Crippen LogP contribution < -0.4 is 0 Å². The second-order valence-corrected chi connectivity index (χ2v) is 4.86. The lowest BCUT2D eigenvalue weighted by Gasteiger charge is -1.99. The number of aromatic nitrogens is 1. The molecule has 0 fully saturated rings. The van der Waals surface area contributed by atoms with Gasteiger partial charge in [-0.25, -0.2) is 4.98 Å². The number of rotatable bonds is 3. The van der Waals surface area contributed by atoms with Crippen LogP contribution in [0.25, 0.3) is 0 Å². The van der Waals surface area contributed by atoms with Gasteiger partial charge in [0.1, 0.15) is 0 Å². The van der Waals surface area contributed by atoms with E-state index in [0.717, 1.165) is 17.0 Å². The SMILES string of the molecule is CCc1ccc(C(=O)c2cnc(C)s2)cc1. The summed E-state index contributed by atoms with van der Waals surface area (Å²) in [4.78, 5) is 16.8. The summed E-state index contributed by atoms with van der Waals surface area (Å²) in [6, 6.07) is 7.77. The van der Waals surface area contributed by atoms with Gasteiger partial charge in [-0.2, -0.15) is 0 Å². The van der Waals surface area contributed by atoms with Gasteiger partial charge in [-0.05, 0) is 18.9 Å². The van der Waals surface area contributed by atoms with E-state index in [2.05, 4.69) is 11.9 Å². The number of aryl methyl sites for hydroxylation is 2. The molecule has 1 aromatic carbocycles. The molecule has 0 aliphatic carbocycles. The van der Waals surface area contributed by atoms with Crippen molar-refractivity contribution in [2.45, 2.75) is 20.3 Å². The number of ketones is 1. The second-order valence-electron chi connectivity index (χ2n) is 3.62. The standard InChI is InChI=1S/C13H13NOS/c1-3-10-4-6-11(7-5-10)13(15)12-8-14-9(2)16-12/h4-8H,3H2,1-2H3. The minimum Gasteiger partial charge on any atom is -0.288 e. The number of thiazole rings is 1. The first-order valence-electron chi connectivity index (χ1n) is 5.26. The zero-order valence-electron chi connectivity index (χ0n) is 9.36. The molecule has 0 unspecified atom stereocenters. The first kappa shape index (κ1) is 11.0. The van der Waals surface area contributed by atoms with E-state index in [1.807, 2.05) is 31.2 Å². The van der Waals surface area contributed by atoms with Crippen LogP contribution in [0.2, 0.25) is 0 Å². The fourth-order valence-electron chi connectivity index (χ4n) is 1.50. The molecule has 82 valence electrons. The van der Waals surface area contributed by atoms with E-state index in [1.165, 1.54) is 16.9 Å². The number of carbonyl (C=O) groups excluding carboxylic acids is 1. The Morgan fingerprint density at radius 3 is 2.50 bits per heavy atom. The zero-order chi connectivity index (χ0) is 11.5. The molecule has 0 saturated carbocycles. The molecule has 16 heavy (non-hydrogen) atoms. The fourth-order valence-corrected chi connectivity index (χ4v) is 2.24. The number of benzene rings is 1. The predicted molar refractivity (Wildman–Crippen MR) is 66.1 cm³/mol. The normalized spacial score (nSPS) is 10.4. The molecule has 1 heterocycles. The van der Waals surface area contributed by atoms with Crippen molar-refractivity contribution in [3.8, 4) is 0 Å². The van der Waals surface area contributed by atoms with Gasteiger partial charge < -0.3 is 0 Å². The van der Waals surface area contributed by atoms with E-state index >= 15 is 0 Å². The Morgan fingerprint density at radius 1 is 1.31 bits per heavy atom. The van der Waals surface area contributed by atoms with Crippen molar-refractivity contribution in [1.29, 1.82) is 0 Å². The highest BCUT2D eigenvalue weighted by molar-refractivity contribution is 7.13. The van der Waals surface area contributed by atoms with Crippen molar-refractivity contribution < 1.29 is 4.79 Å². The topological polar surface area (TPSA) is 30.0 Å². The van der Waals surface area contributed by atoms with Crippen LogP contribution in [-0.4, -0.2) is 10.8 Å². The molecule has 0 N–H and O–H groups in total. The second kappa shape index (κ2) is 4.58. The quantitative estimate of drug-likeness (QED) is 0.759. The van der Waals surface area contributed by atoms with Gasteiger partial charge in [-0.1, -0.05) is 31.2 Å². The molecule has 0 aliphatic heterocycles.